The molecular weight excluding hydrogens is 363 g/mol. The highest BCUT2D eigenvalue weighted by atomic mass is 79.9. The molecule has 0 aliphatic carbocycles. The van der Waals surface area contributed by atoms with Crippen LogP contribution in [-0.4, -0.2) is 18.4 Å². The van der Waals surface area contributed by atoms with Gasteiger partial charge in [0.15, 0.2) is 0 Å². The van der Waals surface area contributed by atoms with Gasteiger partial charge in [-0.2, -0.15) is 0 Å². The number of carbonyl (C=O) groups is 2. The van der Waals surface area contributed by atoms with E-state index in [1.807, 2.05) is 12.1 Å². The van der Waals surface area contributed by atoms with Crippen LogP contribution in [0.5, 0.6) is 0 Å². The van der Waals surface area contributed by atoms with E-state index in [9.17, 15) is 14.0 Å². The molecule has 0 bridgehead atoms. The fraction of sp³-hybridized carbons (Fsp3) is 0.176. The number of nitrogens with one attached hydrogen (secondary N) is 1. The van der Waals surface area contributed by atoms with Gasteiger partial charge < -0.3 is 10.2 Å². The Morgan fingerprint density at radius 2 is 1.87 bits per heavy atom. The number of halogens is 2. The van der Waals surface area contributed by atoms with Crippen molar-refractivity contribution in [1.82, 2.24) is 0 Å². The van der Waals surface area contributed by atoms with E-state index in [1.54, 1.807) is 12.1 Å². The molecule has 0 aliphatic heterocycles. The predicted octanol–water partition coefficient (Wildman–Crippen LogP) is 3.97. The molecule has 2 aromatic rings. The highest BCUT2D eigenvalue weighted by Crippen LogP contribution is 2.17. The summed E-state index contributed by atoms with van der Waals surface area (Å²) in [5.41, 5.74) is 1.25. The minimum absolute atomic E-state index is 0.142. The fourth-order valence-corrected chi connectivity index (χ4v) is 2.49. The molecule has 23 heavy (non-hydrogen) atoms. The third-order valence-corrected chi connectivity index (χ3v) is 3.68. The van der Waals surface area contributed by atoms with Crippen LogP contribution < -0.4 is 10.2 Å². The largest absolute Gasteiger partial charge is 0.326 e. The molecule has 0 spiro atoms. The van der Waals surface area contributed by atoms with Crippen molar-refractivity contribution in [2.45, 2.75) is 13.3 Å². The van der Waals surface area contributed by atoms with Crippen LogP contribution in [0.25, 0.3) is 0 Å². The molecule has 120 valence electrons. The first-order valence-electron chi connectivity index (χ1n) is 7.05. The van der Waals surface area contributed by atoms with Crippen molar-refractivity contribution in [1.29, 1.82) is 0 Å². The number of hydrogen-bond donors (Lipinski definition) is 1. The second kappa shape index (κ2) is 7.87. The lowest BCUT2D eigenvalue weighted by molar-refractivity contribution is -0.117. The lowest BCUT2D eigenvalue weighted by Gasteiger charge is -2.21. The number of rotatable bonds is 5. The summed E-state index contributed by atoms with van der Waals surface area (Å²) in [4.78, 5) is 25.2. The molecule has 0 heterocycles. The maximum Gasteiger partial charge on any atom is 0.226 e. The Morgan fingerprint density at radius 3 is 2.48 bits per heavy atom. The molecule has 0 saturated carbocycles. The van der Waals surface area contributed by atoms with E-state index in [4.69, 9.17) is 0 Å². The summed E-state index contributed by atoms with van der Waals surface area (Å²) in [6.07, 6.45) is 0.142. The van der Waals surface area contributed by atoms with Gasteiger partial charge in [-0.1, -0.05) is 22.0 Å². The smallest absolute Gasteiger partial charge is 0.226 e. The average molecular weight is 379 g/mol. The monoisotopic (exact) mass is 378 g/mol. The molecule has 0 saturated heterocycles. The quantitative estimate of drug-likeness (QED) is 0.855. The van der Waals surface area contributed by atoms with Crippen molar-refractivity contribution < 1.29 is 14.0 Å². The Balaban J connectivity index is 1.97. The Morgan fingerprint density at radius 1 is 1.17 bits per heavy atom. The minimum Gasteiger partial charge on any atom is -0.326 e. The zero-order chi connectivity index (χ0) is 16.8. The Kier molecular flexibility index (Phi) is 5.87. The topological polar surface area (TPSA) is 49.4 Å². The predicted molar refractivity (Wildman–Crippen MR) is 91.8 cm³/mol. The maximum atomic E-state index is 13.0. The van der Waals surface area contributed by atoms with Gasteiger partial charge in [-0.15, -0.1) is 0 Å². The van der Waals surface area contributed by atoms with E-state index in [-0.39, 0.29) is 30.6 Å². The van der Waals surface area contributed by atoms with Crippen LogP contribution in [0.2, 0.25) is 0 Å². The van der Waals surface area contributed by atoms with Gasteiger partial charge in [-0.25, -0.2) is 4.39 Å². The van der Waals surface area contributed by atoms with Crippen molar-refractivity contribution in [3.8, 4) is 0 Å². The summed E-state index contributed by atoms with van der Waals surface area (Å²) >= 11 is 3.33. The second-order valence-corrected chi connectivity index (χ2v) is 5.87. The molecule has 0 radical (unpaired) electrons. The molecule has 0 unspecified atom stereocenters. The number of hydrogen-bond acceptors (Lipinski definition) is 2. The lowest BCUT2D eigenvalue weighted by Crippen LogP contribution is -2.31. The molecule has 0 aromatic heterocycles. The maximum absolute atomic E-state index is 13.0. The van der Waals surface area contributed by atoms with Crippen LogP contribution in [0, 0.1) is 5.82 Å². The van der Waals surface area contributed by atoms with Gasteiger partial charge in [0.1, 0.15) is 5.82 Å². The van der Waals surface area contributed by atoms with Crippen molar-refractivity contribution in [3.05, 3.63) is 58.8 Å². The van der Waals surface area contributed by atoms with Gasteiger partial charge in [0.2, 0.25) is 11.8 Å². The second-order valence-electron chi connectivity index (χ2n) is 4.96. The van der Waals surface area contributed by atoms with Crippen molar-refractivity contribution in [2.24, 2.45) is 0 Å². The first-order valence-corrected chi connectivity index (χ1v) is 7.84. The third-order valence-electron chi connectivity index (χ3n) is 3.19. The summed E-state index contributed by atoms with van der Waals surface area (Å²) in [6, 6.07) is 12.9. The first kappa shape index (κ1) is 17.1. The lowest BCUT2D eigenvalue weighted by atomic mass is 10.2. The molecule has 4 nitrogen and oxygen atoms in total. The standard InChI is InChI=1S/C17H16BrFN2O2/c1-12(22)21(16-7-5-14(19)6-8-16)10-9-17(23)20-15-4-2-3-13(18)11-15/h2-8,11H,9-10H2,1H3,(H,20,23). The molecular formula is C17H16BrFN2O2. The molecule has 0 fully saturated rings. The van der Waals surface area contributed by atoms with Crippen molar-refractivity contribution in [3.63, 3.8) is 0 Å². The number of benzene rings is 2. The molecule has 0 atom stereocenters. The number of nitrogens with zero attached hydrogens (tertiary/aromatic N) is 1. The summed E-state index contributed by atoms with van der Waals surface area (Å²) in [5, 5.41) is 2.77. The summed E-state index contributed by atoms with van der Waals surface area (Å²) < 4.78 is 13.8. The highest BCUT2D eigenvalue weighted by molar-refractivity contribution is 9.10. The van der Waals surface area contributed by atoms with Crippen LogP contribution in [0.1, 0.15) is 13.3 Å². The van der Waals surface area contributed by atoms with Crippen molar-refractivity contribution in [2.75, 3.05) is 16.8 Å². The van der Waals surface area contributed by atoms with E-state index >= 15 is 0 Å². The van der Waals surface area contributed by atoms with Crippen LogP contribution >= 0.6 is 15.9 Å². The Hall–Kier alpha value is -2.21. The summed E-state index contributed by atoms with van der Waals surface area (Å²) in [6.45, 7) is 1.64. The average Bonchev–Trinajstić information content (AvgIpc) is 2.49. The van der Waals surface area contributed by atoms with Gasteiger partial charge in [-0.05, 0) is 42.5 Å². The minimum atomic E-state index is -0.371. The van der Waals surface area contributed by atoms with E-state index in [0.29, 0.717) is 11.4 Å². The van der Waals surface area contributed by atoms with Gasteiger partial charge >= 0.3 is 0 Å². The van der Waals surface area contributed by atoms with E-state index in [1.165, 1.54) is 36.1 Å². The molecule has 2 aromatic carbocycles. The van der Waals surface area contributed by atoms with Gasteiger partial charge in [0, 0.05) is 35.7 Å². The molecule has 6 heteroatoms. The summed E-state index contributed by atoms with van der Waals surface area (Å²) in [7, 11) is 0. The third kappa shape index (κ3) is 5.17. The summed E-state index contributed by atoms with van der Waals surface area (Å²) in [5.74, 6) is -0.770. The zero-order valence-electron chi connectivity index (χ0n) is 12.6. The Bertz CT molecular complexity index is 704. The number of anilines is 2. The normalized spacial score (nSPS) is 10.2. The fourth-order valence-electron chi connectivity index (χ4n) is 2.09. The number of amides is 2. The van der Waals surface area contributed by atoms with Gasteiger partial charge in [-0.3, -0.25) is 9.59 Å². The Labute approximate surface area is 142 Å². The van der Waals surface area contributed by atoms with Crippen LogP contribution in [0.4, 0.5) is 15.8 Å². The van der Waals surface area contributed by atoms with Crippen LogP contribution in [0.15, 0.2) is 53.0 Å². The van der Waals surface area contributed by atoms with Crippen LogP contribution in [0.3, 0.4) is 0 Å². The van der Waals surface area contributed by atoms with E-state index < -0.39 is 0 Å². The van der Waals surface area contributed by atoms with E-state index in [2.05, 4.69) is 21.2 Å². The molecule has 0 aliphatic rings. The first-order chi connectivity index (χ1) is 11.0. The molecule has 2 rings (SSSR count). The highest BCUT2D eigenvalue weighted by Gasteiger charge is 2.13. The molecule has 1 N–H and O–H groups in total. The molecule has 2 amide bonds. The van der Waals surface area contributed by atoms with Crippen LogP contribution in [-0.2, 0) is 9.59 Å². The van der Waals surface area contributed by atoms with Crippen molar-refractivity contribution >= 4 is 39.1 Å². The van der Waals surface area contributed by atoms with Gasteiger partial charge in [0.05, 0.1) is 0 Å². The van der Waals surface area contributed by atoms with Gasteiger partial charge in [0.25, 0.3) is 0 Å². The SMILES string of the molecule is CC(=O)N(CCC(=O)Nc1cccc(Br)c1)c1ccc(F)cc1. The zero-order valence-corrected chi connectivity index (χ0v) is 14.1. The van der Waals surface area contributed by atoms with E-state index in [0.717, 1.165) is 4.47 Å². The number of carbonyl (C=O) groups excluding carboxylic acids is 2.